The fourth-order valence-electron chi connectivity index (χ4n) is 0. The van der Waals surface area contributed by atoms with Crippen molar-refractivity contribution in [2.24, 2.45) is 0 Å². The Hall–Kier alpha value is 1.16. The monoisotopic (exact) mass is 300 g/mol. The van der Waals surface area contributed by atoms with E-state index in [9.17, 15) is 0 Å². The van der Waals surface area contributed by atoms with Crippen LogP contribution in [-0.2, 0) is 0 Å². The van der Waals surface area contributed by atoms with E-state index in [1.807, 2.05) is 0 Å². The average Bonchev–Trinajstić information content (AvgIpc) is 0. The topological polar surface area (TPSA) is 120 Å². The van der Waals surface area contributed by atoms with Gasteiger partial charge in [0.05, 0.1) is 0 Å². The van der Waals surface area contributed by atoms with E-state index in [-0.39, 0.29) is 61.8 Å². The Balaban J connectivity index is 0. The Morgan fingerprint density at radius 2 is 0.400 bits per heavy atom. The molecular weight excluding hydrogens is 296 g/mol. The smallest absolute Gasteiger partial charge is 0 e. The fourth-order valence-corrected chi connectivity index (χ4v) is 0. The molecule has 0 spiro atoms. The van der Waals surface area contributed by atoms with E-state index in [0.29, 0.717) is 0 Å². The summed E-state index contributed by atoms with van der Waals surface area (Å²) >= 11 is 0. The van der Waals surface area contributed by atoms with E-state index in [0.717, 1.165) is 0 Å². The van der Waals surface area contributed by atoms with Crippen molar-refractivity contribution in [1.82, 2.24) is 0 Å². The maximum atomic E-state index is 0. The third-order valence-corrected chi connectivity index (χ3v) is 0. The van der Waals surface area contributed by atoms with Crippen LogP contribution in [0.4, 0.5) is 0 Å². The molecule has 0 atom stereocenters. The van der Waals surface area contributed by atoms with E-state index in [4.69, 9.17) is 0 Å². The maximum Gasteiger partial charge on any atom is 0 e. The van der Waals surface area contributed by atoms with E-state index >= 15 is 0 Å². The van der Waals surface area contributed by atoms with Gasteiger partial charge in [0, 0.05) is 39.9 Å². The molecule has 0 saturated heterocycles. The number of rotatable bonds is 0. The molecule has 0 aliphatic heterocycles. The van der Waals surface area contributed by atoms with Gasteiger partial charge in [-0.1, -0.05) is 0 Å². The Labute approximate surface area is 61.5 Å². The molecule has 0 bridgehead atoms. The molecular formula is H4O4Th-4. The standard InChI is InChI=1S/4H2O.Th/h4*1H2;/p-4. The molecule has 0 radical (unpaired) electrons. The zero-order chi connectivity index (χ0) is 0. The van der Waals surface area contributed by atoms with Crippen LogP contribution in [-0.4, -0.2) is 21.9 Å². The summed E-state index contributed by atoms with van der Waals surface area (Å²) in [7, 11) is 0. The Bertz CT molecular complexity index is 3.61. The molecule has 0 saturated carbocycles. The molecule has 0 amide bonds. The van der Waals surface area contributed by atoms with Crippen LogP contribution < -0.4 is 0 Å². The van der Waals surface area contributed by atoms with Crippen molar-refractivity contribution in [2.45, 2.75) is 0 Å². The first kappa shape index (κ1) is 121. The molecule has 4 N–H and O–H groups in total. The summed E-state index contributed by atoms with van der Waals surface area (Å²) in [5, 5.41) is 0. The van der Waals surface area contributed by atoms with Crippen molar-refractivity contribution in [3.8, 4) is 0 Å². The molecule has 5 heavy (non-hydrogen) atoms. The third-order valence-electron chi connectivity index (χ3n) is 0. The third kappa shape index (κ3) is 38.1. The number of hydrogen-bond acceptors (Lipinski definition) is 4. The van der Waals surface area contributed by atoms with Crippen LogP contribution in [0.15, 0.2) is 0 Å². The molecule has 0 aromatic rings. The van der Waals surface area contributed by atoms with E-state index in [1.165, 1.54) is 0 Å². The van der Waals surface area contributed by atoms with E-state index in [1.54, 1.807) is 0 Å². The van der Waals surface area contributed by atoms with E-state index < -0.39 is 0 Å². The Kier molecular flexibility index (Phi) is 1600. The van der Waals surface area contributed by atoms with Crippen molar-refractivity contribution in [3.05, 3.63) is 0 Å². The van der Waals surface area contributed by atoms with Gasteiger partial charge < -0.3 is 21.9 Å². The quantitative estimate of drug-likeness (QED) is 0.587. The molecule has 0 fully saturated rings. The van der Waals surface area contributed by atoms with Crippen LogP contribution in [0.1, 0.15) is 0 Å². The fraction of sp³-hybridized carbons (Fsp3) is 0. The first-order valence-electron chi connectivity index (χ1n) is 0. The van der Waals surface area contributed by atoms with Crippen molar-refractivity contribution in [2.75, 3.05) is 0 Å². The van der Waals surface area contributed by atoms with Crippen LogP contribution in [0.2, 0.25) is 0 Å². The minimum Gasteiger partial charge on any atom is -0.870 e. The first-order chi connectivity index (χ1) is 0. The minimum atomic E-state index is 0. The summed E-state index contributed by atoms with van der Waals surface area (Å²) in [6.45, 7) is 0. The molecule has 36 valence electrons. The van der Waals surface area contributed by atoms with Crippen molar-refractivity contribution in [3.63, 3.8) is 0 Å². The van der Waals surface area contributed by atoms with Crippen LogP contribution in [0.5, 0.6) is 0 Å². The van der Waals surface area contributed by atoms with Gasteiger partial charge in [-0.25, -0.2) is 0 Å². The summed E-state index contributed by atoms with van der Waals surface area (Å²) < 4.78 is 0. The summed E-state index contributed by atoms with van der Waals surface area (Å²) in [6.07, 6.45) is 0. The van der Waals surface area contributed by atoms with Gasteiger partial charge >= 0.3 is 0 Å². The molecule has 0 aromatic carbocycles. The second kappa shape index (κ2) is 66.0. The van der Waals surface area contributed by atoms with Gasteiger partial charge in [0.1, 0.15) is 0 Å². The second-order valence-corrected chi connectivity index (χ2v) is 0. The van der Waals surface area contributed by atoms with E-state index in [2.05, 4.69) is 0 Å². The van der Waals surface area contributed by atoms with Gasteiger partial charge in [0.2, 0.25) is 0 Å². The zero-order valence-electron chi connectivity index (χ0n) is 2.29. The van der Waals surface area contributed by atoms with Crippen LogP contribution in [0.3, 0.4) is 0 Å². The van der Waals surface area contributed by atoms with Gasteiger partial charge in [-0.15, -0.1) is 0 Å². The molecule has 0 rings (SSSR count). The molecule has 0 aliphatic carbocycles. The first-order valence-corrected chi connectivity index (χ1v) is 0. The van der Waals surface area contributed by atoms with Crippen molar-refractivity contribution in [1.29, 1.82) is 0 Å². The second-order valence-electron chi connectivity index (χ2n) is 0. The van der Waals surface area contributed by atoms with Crippen LogP contribution >= 0.6 is 0 Å². The summed E-state index contributed by atoms with van der Waals surface area (Å²) in [4.78, 5) is 0. The van der Waals surface area contributed by atoms with Gasteiger partial charge in [0.15, 0.2) is 0 Å². The van der Waals surface area contributed by atoms with Gasteiger partial charge in [0.25, 0.3) is 0 Å². The predicted molar refractivity (Wildman–Crippen MR) is 7.74 cm³/mol. The van der Waals surface area contributed by atoms with Crippen LogP contribution in [0, 0.1) is 39.9 Å². The Morgan fingerprint density at radius 3 is 0.400 bits per heavy atom. The maximum absolute atomic E-state index is 0. The predicted octanol–water partition coefficient (Wildman–Crippen LogP) is -0.707. The minimum absolute atomic E-state index is 0. The average molecular weight is 300 g/mol. The van der Waals surface area contributed by atoms with Gasteiger partial charge in [-0.2, -0.15) is 0 Å². The molecule has 0 aromatic heterocycles. The number of hydrogen-bond donors (Lipinski definition) is 0. The van der Waals surface area contributed by atoms with Crippen molar-refractivity contribution < 1.29 is 61.8 Å². The molecule has 0 heterocycles. The van der Waals surface area contributed by atoms with Crippen molar-refractivity contribution >= 4 is 0 Å². The normalized spacial score (nSPS) is 0. The largest absolute Gasteiger partial charge is 0.870 e. The molecule has 0 unspecified atom stereocenters. The van der Waals surface area contributed by atoms with Crippen LogP contribution in [0.25, 0.3) is 0 Å². The summed E-state index contributed by atoms with van der Waals surface area (Å²) in [5.74, 6) is 0. The summed E-state index contributed by atoms with van der Waals surface area (Å²) in [6, 6.07) is 0. The molecule has 0 aliphatic rings. The van der Waals surface area contributed by atoms with Gasteiger partial charge in [-0.3, -0.25) is 0 Å². The zero-order valence-corrected chi connectivity index (χ0v) is 6.40. The SMILES string of the molecule is [OH-].[OH-].[OH-].[OH-].[Th]. The molecule has 4 nitrogen and oxygen atoms in total. The van der Waals surface area contributed by atoms with Gasteiger partial charge in [-0.05, 0) is 0 Å². The summed E-state index contributed by atoms with van der Waals surface area (Å²) in [5.41, 5.74) is 0. The molecule has 5 heteroatoms. The Morgan fingerprint density at radius 1 is 0.400 bits per heavy atom.